The molecule has 0 aromatic heterocycles. The van der Waals surface area contributed by atoms with Crippen LogP contribution in [0, 0.1) is 12.7 Å². The van der Waals surface area contributed by atoms with Crippen LogP contribution in [0.3, 0.4) is 0 Å². The molecule has 0 heterocycles. The van der Waals surface area contributed by atoms with Crippen LogP contribution in [0.5, 0.6) is 0 Å². The van der Waals surface area contributed by atoms with Crippen LogP contribution in [0.2, 0.25) is 0 Å². The van der Waals surface area contributed by atoms with Gasteiger partial charge in [-0.3, -0.25) is 0 Å². The summed E-state index contributed by atoms with van der Waals surface area (Å²) in [5.74, 6) is -1.55. The van der Waals surface area contributed by atoms with E-state index in [1.54, 1.807) is 0 Å². The highest BCUT2D eigenvalue weighted by Crippen LogP contribution is 2.21. The van der Waals surface area contributed by atoms with Crippen LogP contribution in [0.15, 0.2) is 40.9 Å². The summed E-state index contributed by atoms with van der Waals surface area (Å²) in [4.78, 5) is 10.9. The zero-order chi connectivity index (χ0) is 14.7. The number of hydrogen-bond donors (Lipinski definition) is 2. The van der Waals surface area contributed by atoms with Gasteiger partial charge in [0.2, 0.25) is 0 Å². The summed E-state index contributed by atoms with van der Waals surface area (Å²) in [5, 5.41) is 11.8. The molecule has 0 aliphatic carbocycles. The van der Waals surface area contributed by atoms with Crippen molar-refractivity contribution in [2.45, 2.75) is 13.5 Å². The van der Waals surface area contributed by atoms with Crippen LogP contribution in [0.4, 0.5) is 10.1 Å². The van der Waals surface area contributed by atoms with E-state index in [0.29, 0.717) is 6.54 Å². The number of carbonyl (C=O) groups is 1. The van der Waals surface area contributed by atoms with E-state index < -0.39 is 11.8 Å². The molecule has 0 aliphatic heterocycles. The van der Waals surface area contributed by atoms with Gasteiger partial charge in [-0.15, -0.1) is 0 Å². The molecule has 3 nitrogen and oxygen atoms in total. The standard InChI is InChI=1S/C15H13BrFNO2/c1-9-2-3-11(12(16)6-9)8-18-14-7-10(15(19)20)4-5-13(14)17/h2-7,18H,8H2,1H3,(H,19,20). The van der Waals surface area contributed by atoms with E-state index in [1.807, 2.05) is 25.1 Å². The van der Waals surface area contributed by atoms with E-state index in [2.05, 4.69) is 21.2 Å². The van der Waals surface area contributed by atoms with Gasteiger partial charge in [-0.1, -0.05) is 28.1 Å². The van der Waals surface area contributed by atoms with Crippen LogP contribution < -0.4 is 5.32 Å². The van der Waals surface area contributed by atoms with Gasteiger partial charge in [0.25, 0.3) is 0 Å². The summed E-state index contributed by atoms with van der Waals surface area (Å²) in [5.41, 5.74) is 2.32. The highest BCUT2D eigenvalue weighted by atomic mass is 79.9. The largest absolute Gasteiger partial charge is 0.478 e. The molecule has 0 saturated heterocycles. The first-order valence-corrected chi connectivity index (χ1v) is 6.78. The fourth-order valence-electron chi connectivity index (χ4n) is 1.78. The topological polar surface area (TPSA) is 49.3 Å². The van der Waals surface area contributed by atoms with Gasteiger partial charge < -0.3 is 10.4 Å². The van der Waals surface area contributed by atoms with E-state index >= 15 is 0 Å². The van der Waals surface area contributed by atoms with Gasteiger partial charge in [0.15, 0.2) is 0 Å². The fourth-order valence-corrected chi connectivity index (χ4v) is 2.41. The number of anilines is 1. The van der Waals surface area contributed by atoms with E-state index in [4.69, 9.17) is 5.11 Å². The van der Waals surface area contributed by atoms with Crippen LogP contribution in [0.25, 0.3) is 0 Å². The molecule has 5 heteroatoms. The summed E-state index contributed by atoms with van der Waals surface area (Å²) in [6.07, 6.45) is 0. The van der Waals surface area contributed by atoms with E-state index in [9.17, 15) is 9.18 Å². The van der Waals surface area contributed by atoms with E-state index in [-0.39, 0.29) is 11.3 Å². The minimum atomic E-state index is -1.08. The van der Waals surface area contributed by atoms with Gasteiger partial charge in [0.05, 0.1) is 11.3 Å². The molecule has 0 amide bonds. The first-order valence-electron chi connectivity index (χ1n) is 5.99. The molecule has 0 unspecified atom stereocenters. The second kappa shape index (κ2) is 6.05. The summed E-state index contributed by atoms with van der Waals surface area (Å²) in [7, 11) is 0. The predicted molar refractivity (Wildman–Crippen MR) is 79.6 cm³/mol. The third-order valence-electron chi connectivity index (χ3n) is 2.89. The Balaban J connectivity index is 2.18. The number of hydrogen-bond acceptors (Lipinski definition) is 2. The molecule has 0 atom stereocenters. The van der Waals surface area contributed by atoms with Crippen molar-refractivity contribution in [1.29, 1.82) is 0 Å². The van der Waals surface area contributed by atoms with Crippen molar-refractivity contribution in [3.63, 3.8) is 0 Å². The monoisotopic (exact) mass is 337 g/mol. The Labute approximate surface area is 124 Å². The number of aromatic carboxylic acids is 1. The molecule has 2 aromatic rings. The Bertz CT molecular complexity index is 658. The first-order chi connectivity index (χ1) is 9.47. The molecular weight excluding hydrogens is 325 g/mol. The van der Waals surface area contributed by atoms with Crippen molar-refractivity contribution in [3.8, 4) is 0 Å². The Morgan fingerprint density at radius 2 is 2.05 bits per heavy atom. The number of halogens is 2. The molecule has 104 valence electrons. The molecule has 0 bridgehead atoms. The van der Waals surface area contributed by atoms with Gasteiger partial charge in [0.1, 0.15) is 5.82 Å². The molecule has 2 aromatic carbocycles. The van der Waals surface area contributed by atoms with Gasteiger partial charge >= 0.3 is 5.97 Å². The Morgan fingerprint density at radius 3 is 2.70 bits per heavy atom. The third-order valence-corrected chi connectivity index (χ3v) is 3.63. The normalized spacial score (nSPS) is 10.3. The Hall–Kier alpha value is -1.88. The van der Waals surface area contributed by atoms with Crippen molar-refractivity contribution in [2.75, 3.05) is 5.32 Å². The molecule has 0 radical (unpaired) electrons. The lowest BCUT2D eigenvalue weighted by Gasteiger charge is -2.10. The van der Waals surface area contributed by atoms with Crippen molar-refractivity contribution >= 4 is 27.6 Å². The molecule has 0 spiro atoms. The zero-order valence-electron chi connectivity index (χ0n) is 10.8. The number of benzene rings is 2. The molecule has 0 fully saturated rings. The Kier molecular flexibility index (Phi) is 4.39. The van der Waals surface area contributed by atoms with Crippen LogP contribution in [0.1, 0.15) is 21.5 Å². The summed E-state index contributed by atoms with van der Waals surface area (Å²) < 4.78 is 14.6. The van der Waals surface area contributed by atoms with Gasteiger partial charge in [0, 0.05) is 11.0 Å². The molecule has 20 heavy (non-hydrogen) atoms. The number of nitrogens with one attached hydrogen (secondary N) is 1. The van der Waals surface area contributed by atoms with Gasteiger partial charge in [-0.2, -0.15) is 0 Å². The third kappa shape index (κ3) is 3.36. The van der Waals surface area contributed by atoms with Gasteiger partial charge in [-0.05, 0) is 42.3 Å². The molecule has 0 saturated carbocycles. The average molecular weight is 338 g/mol. The highest BCUT2D eigenvalue weighted by Gasteiger charge is 2.08. The summed E-state index contributed by atoms with van der Waals surface area (Å²) >= 11 is 3.45. The first kappa shape index (κ1) is 14.5. The summed E-state index contributed by atoms with van der Waals surface area (Å²) in [6, 6.07) is 9.55. The van der Waals surface area contributed by atoms with Crippen molar-refractivity contribution < 1.29 is 14.3 Å². The lowest BCUT2D eigenvalue weighted by atomic mass is 10.1. The van der Waals surface area contributed by atoms with Crippen LogP contribution in [-0.4, -0.2) is 11.1 Å². The SMILES string of the molecule is Cc1ccc(CNc2cc(C(=O)O)ccc2F)c(Br)c1. The van der Waals surface area contributed by atoms with Crippen LogP contribution >= 0.6 is 15.9 Å². The minimum absolute atomic E-state index is 0.0527. The second-order valence-corrected chi connectivity index (χ2v) is 5.30. The number of carboxylic acid groups (broad SMARTS) is 1. The molecule has 2 N–H and O–H groups in total. The average Bonchev–Trinajstić information content (AvgIpc) is 2.39. The minimum Gasteiger partial charge on any atom is -0.478 e. The number of carboxylic acids is 1. The second-order valence-electron chi connectivity index (χ2n) is 4.45. The molecule has 0 aliphatic rings. The summed E-state index contributed by atoms with van der Waals surface area (Å²) in [6.45, 7) is 2.39. The van der Waals surface area contributed by atoms with Crippen molar-refractivity contribution in [1.82, 2.24) is 0 Å². The van der Waals surface area contributed by atoms with Crippen molar-refractivity contribution in [3.05, 3.63) is 63.4 Å². The lowest BCUT2D eigenvalue weighted by Crippen LogP contribution is -2.04. The molecule has 2 rings (SSSR count). The van der Waals surface area contributed by atoms with E-state index in [1.165, 1.54) is 12.1 Å². The quantitative estimate of drug-likeness (QED) is 0.878. The lowest BCUT2D eigenvalue weighted by molar-refractivity contribution is 0.0697. The maximum absolute atomic E-state index is 13.6. The zero-order valence-corrected chi connectivity index (χ0v) is 12.4. The predicted octanol–water partition coefficient (Wildman–Crippen LogP) is 4.21. The highest BCUT2D eigenvalue weighted by molar-refractivity contribution is 9.10. The Morgan fingerprint density at radius 1 is 1.30 bits per heavy atom. The molecular formula is C15H13BrFNO2. The van der Waals surface area contributed by atoms with Crippen molar-refractivity contribution in [2.24, 2.45) is 0 Å². The van der Waals surface area contributed by atoms with E-state index in [0.717, 1.165) is 21.7 Å². The maximum atomic E-state index is 13.6. The number of aryl methyl sites for hydroxylation is 1. The smallest absolute Gasteiger partial charge is 0.335 e. The number of rotatable bonds is 4. The fraction of sp³-hybridized carbons (Fsp3) is 0.133. The maximum Gasteiger partial charge on any atom is 0.335 e. The van der Waals surface area contributed by atoms with Gasteiger partial charge in [-0.25, -0.2) is 9.18 Å². The van der Waals surface area contributed by atoms with Crippen LogP contribution in [-0.2, 0) is 6.54 Å².